The molecule has 2 saturated heterocycles. The average molecular weight is 369 g/mol. The quantitative estimate of drug-likeness (QED) is 0.685. The van der Waals surface area contributed by atoms with Crippen LogP contribution in [0.2, 0.25) is 0 Å². The molecule has 5 rings (SSSR count). The summed E-state index contributed by atoms with van der Waals surface area (Å²) in [5, 5.41) is 8.62. The molecule has 2 atom stereocenters. The smallest absolute Gasteiger partial charge is 0.322 e. The van der Waals surface area contributed by atoms with Crippen LogP contribution in [0, 0.1) is 5.92 Å². The molecule has 0 aromatic heterocycles. The molecule has 1 aromatic carbocycles. The summed E-state index contributed by atoms with van der Waals surface area (Å²) in [7, 11) is 0. The van der Waals surface area contributed by atoms with Crippen LogP contribution < -0.4 is 20.9 Å². The lowest BCUT2D eigenvalue weighted by Gasteiger charge is -2.39. The number of anilines is 2. The highest BCUT2D eigenvalue weighted by Gasteiger charge is 2.55. The third kappa shape index (κ3) is 2.62. The van der Waals surface area contributed by atoms with Gasteiger partial charge in [-0.3, -0.25) is 14.9 Å². The Morgan fingerprint density at radius 2 is 2.00 bits per heavy atom. The van der Waals surface area contributed by atoms with E-state index in [9.17, 15) is 14.4 Å². The Labute approximate surface area is 157 Å². The van der Waals surface area contributed by atoms with E-state index in [1.807, 2.05) is 17.0 Å². The van der Waals surface area contributed by atoms with Gasteiger partial charge in [0.2, 0.25) is 5.91 Å². The van der Waals surface area contributed by atoms with Crippen molar-refractivity contribution in [3.63, 3.8) is 0 Å². The molecule has 3 heterocycles. The van der Waals surface area contributed by atoms with E-state index in [-0.39, 0.29) is 30.3 Å². The van der Waals surface area contributed by atoms with Gasteiger partial charge in [0.05, 0.1) is 17.9 Å². The minimum atomic E-state index is -0.892. The van der Waals surface area contributed by atoms with Gasteiger partial charge in [0, 0.05) is 19.5 Å². The predicted molar refractivity (Wildman–Crippen MR) is 99.1 cm³/mol. The van der Waals surface area contributed by atoms with E-state index in [1.165, 1.54) is 5.69 Å². The highest BCUT2D eigenvalue weighted by atomic mass is 16.2. The minimum absolute atomic E-state index is 0.0429. The summed E-state index contributed by atoms with van der Waals surface area (Å²) in [4.78, 5) is 40.9. The fourth-order valence-electron chi connectivity index (χ4n) is 4.66. The van der Waals surface area contributed by atoms with Gasteiger partial charge in [-0.25, -0.2) is 4.79 Å². The van der Waals surface area contributed by atoms with Crippen LogP contribution >= 0.6 is 0 Å². The van der Waals surface area contributed by atoms with Crippen molar-refractivity contribution in [3.8, 4) is 0 Å². The average Bonchev–Trinajstić information content (AvgIpc) is 3.39. The van der Waals surface area contributed by atoms with E-state index in [4.69, 9.17) is 0 Å². The van der Waals surface area contributed by atoms with Crippen molar-refractivity contribution in [2.24, 2.45) is 5.92 Å². The van der Waals surface area contributed by atoms with Gasteiger partial charge in [-0.1, -0.05) is 12.1 Å². The zero-order chi connectivity index (χ0) is 18.6. The van der Waals surface area contributed by atoms with Gasteiger partial charge in [-0.2, -0.15) is 0 Å². The number of benzene rings is 1. The van der Waals surface area contributed by atoms with Gasteiger partial charge >= 0.3 is 6.03 Å². The van der Waals surface area contributed by atoms with E-state index < -0.39 is 11.6 Å². The second-order valence-electron chi connectivity index (χ2n) is 7.86. The highest BCUT2D eigenvalue weighted by Crippen LogP contribution is 2.44. The van der Waals surface area contributed by atoms with Crippen molar-refractivity contribution in [1.82, 2.24) is 15.5 Å². The number of fused-ring (bicyclic) bond motifs is 3. The SMILES string of the molecule is O=C1NC(=O)[C@](CCC(=O)N2CCN3c4ccccc4NC3C2)(C2CC2)N1. The number of urea groups is 1. The molecule has 0 radical (unpaired) electrons. The van der Waals surface area contributed by atoms with Crippen molar-refractivity contribution in [1.29, 1.82) is 0 Å². The monoisotopic (exact) mass is 369 g/mol. The number of piperazine rings is 1. The molecule has 8 nitrogen and oxygen atoms in total. The van der Waals surface area contributed by atoms with Gasteiger partial charge in [0.15, 0.2) is 0 Å². The third-order valence-electron chi connectivity index (χ3n) is 6.24. The molecule has 1 saturated carbocycles. The molecule has 27 heavy (non-hydrogen) atoms. The van der Waals surface area contributed by atoms with Crippen molar-refractivity contribution < 1.29 is 14.4 Å². The largest absolute Gasteiger partial charge is 0.362 e. The first-order valence-corrected chi connectivity index (χ1v) is 9.60. The summed E-state index contributed by atoms with van der Waals surface area (Å²) in [6.45, 7) is 2.06. The number of amides is 4. The number of imide groups is 1. The van der Waals surface area contributed by atoms with Crippen LogP contribution in [0.1, 0.15) is 25.7 Å². The first-order chi connectivity index (χ1) is 13.1. The second-order valence-corrected chi connectivity index (χ2v) is 7.86. The summed E-state index contributed by atoms with van der Waals surface area (Å²) >= 11 is 0. The maximum absolute atomic E-state index is 12.8. The summed E-state index contributed by atoms with van der Waals surface area (Å²) < 4.78 is 0. The van der Waals surface area contributed by atoms with E-state index in [2.05, 4.69) is 33.0 Å². The number of hydrogen-bond acceptors (Lipinski definition) is 5. The summed E-state index contributed by atoms with van der Waals surface area (Å²) in [5.41, 5.74) is 1.40. The Hall–Kier alpha value is -2.77. The lowest BCUT2D eigenvalue weighted by atomic mass is 9.87. The summed E-state index contributed by atoms with van der Waals surface area (Å²) in [5.74, 6) is -0.0819. The normalized spacial score (nSPS) is 29.0. The molecule has 1 aromatic rings. The summed E-state index contributed by atoms with van der Waals surface area (Å²) in [6, 6.07) is 7.74. The van der Waals surface area contributed by atoms with Crippen LogP contribution in [-0.4, -0.2) is 54.1 Å². The van der Waals surface area contributed by atoms with Gasteiger partial charge in [0.1, 0.15) is 11.7 Å². The molecular weight excluding hydrogens is 346 g/mol. The molecule has 0 bridgehead atoms. The second kappa shape index (κ2) is 5.87. The molecule has 4 amide bonds. The van der Waals surface area contributed by atoms with Gasteiger partial charge in [-0.15, -0.1) is 0 Å². The lowest BCUT2D eigenvalue weighted by Crippen LogP contribution is -2.56. The molecule has 4 aliphatic rings. The number of carbonyl (C=O) groups excluding carboxylic acids is 3. The maximum atomic E-state index is 12.8. The van der Waals surface area contributed by atoms with Crippen LogP contribution in [0.25, 0.3) is 0 Å². The molecule has 1 aliphatic carbocycles. The van der Waals surface area contributed by atoms with Crippen LogP contribution in [-0.2, 0) is 9.59 Å². The van der Waals surface area contributed by atoms with Crippen molar-refractivity contribution >= 4 is 29.2 Å². The molecule has 1 unspecified atom stereocenters. The Morgan fingerprint density at radius 3 is 2.74 bits per heavy atom. The molecule has 142 valence electrons. The zero-order valence-corrected chi connectivity index (χ0v) is 15.0. The molecule has 8 heteroatoms. The van der Waals surface area contributed by atoms with E-state index in [0.717, 1.165) is 25.1 Å². The van der Waals surface area contributed by atoms with E-state index >= 15 is 0 Å². The van der Waals surface area contributed by atoms with Gasteiger partial charge in [0.25, 0.3) is 5.91 Å². The topological polar surface area (TPSA) is 93.8 Å². The molecule has 3 aliphatic heterocycles. The minimum Gasteiger partial charge on any atom is -0.362 e. The highest BCUT2D eigenvalue weighted by molar-refractivity contribution is 6.07. The number of carbonyl (C=O) groups is 3. The number of hydrogen-bond donors (Lipinski definition) is 3. The number of rotatable bonds is 4. The Bertz CT molecular complexity index is 823. The molecular formula is C19H23N5O3. The predicted octanol–water partition coefficient (Wildman–Crippen LogP) is 0.855. The first kappa shape index (κ1) is 16.4. The first-order valence-electron chi connectivity index (χ1n) is 9.60. The van der Waals surface area contributed by atoms with E-state index in [1.54, 1.807) is 0 Å². The van der Waals surface area contributed by atoms with Gasteiger partial charge < -0.3 is 20.4 Å². The maximum Gasteiger partial charge on any atom is 0.322 e. The molecule has 3 N–H and O–H groups in total. The van der Waals surface area contributed by atoms with Crippen molar-refractivity contribution in [2.75, 3.05) is 29.9 Å². The van der Waals surface area contributed by atoms with Gasteiger partial charge in [-0.05, 0) is 37.3 Å². The van der Waals surface area contributed by atoms with Crippen molar-refractivity contribution in [2.45, 2.75) is 37.4 Å². The summed E-state index contributed by atoms with van der Waals surface area (Å²) in [6.07, 6.45) is 2.57. The van der Waals surface area contributed by atoms with Crippen LogP contribution in [0.3, 0.4) is 0 Å². The van der Waals surface area contributed by atoms with Crippen molar-refractivity contribution in [3.05, 3.63) is 24.3 Å². The van der Waals surface area contributed by atoms with E-state index in [0.29, 0.717) is 19.5 Å². The van der Waals surface area contributed by atoms with Crippen LogP contribution in [0.15, 0.2) is 24.3 Å². The Kier molecular flexibility index (Phi) is 3.57. The third-order valence-corrected chi connectivity index (χ3v) is 6.24. The molecule has 0 spiro atoms. The number of nitrogens with zero attached hydrogens (tertiary/aromatic N) is 2. The Morgan fingerprint density at radius 1 is 1.19 bits per heavy atom. The lowest BCUT2D eigenvalue weighted by molar-refractivity contribution is -0.133. The van der Waals surface area contributed by atoms with Crippen LogP contribution in [0.4, 0.5) is 16.2 Å². The standard InChI is InChI=1S/C19H23N5O3/c25-16(7-8-19(12-5-6-12)17(26)21-18(27)22-19)23-9-10-24-14-4-2-1-3-13(14)20-15(24)11-23/h1-4,12,15,20H,5-11H2,(H2,21,22,26,27)/t15?,19-/m0/s1. The fraction of sp³-hybridized carbons (Fsp3) is 0.526. The molecule has 3 fully saturated rings. The number of nitrogens with one attached hydrogen (secondary N) is 3. The fourth-order valence-corrected chi connectivity index (χ4v) is 4.66. The number of para-hydroxylation sites is 2. The zero-order valence-electron chi connectivity index (χ0n) is 15.0. The van der Waals surface area contributed by atoms with Crippen LogP contribution in [0.5, 0.6) is 0 Å². The Balaban J connectivity index is 1.23.